The number of hydrogen-bond acceptors (Lipinski definition) is 4. The van der Waals surface area contributed by atoms with E-state index in [1.807, 2.05) is 18.2 Å². The summed E-state index contributed by atoms with van der Waals surface area (Å²) in [7, 11) is 0. The molecule has 0 unspecified atom stereocenters. The average Bonchev–Trinajstić information content (AvgIpc) is 2.72. The van der Waals surface area contributed by atoms with Gasteiger partial charge in [-0.15, -0.1) is 0 Å². The van der Waals surface area contributed by atoms with E-state index in [0.717, 1.165) is 16.1 Å². The van der Waals surface area contributed by atoms with Crippen molar-refractivity contribution >= 4 is 28.6 Å². The van der Waals surface area contributed by atoms with Crippen molar-refractivity contribution in [2.24, 2.45) is 0 Å². The highest BCUT2D eigenvalue weighted by Crippen LogP contribution is 2.11. The second-order valence-electron chi connectivity index (χ2n) is 6.32. The Morgan fingerprint density at radius 3 is 2.46 bits per heavy atom. The molecule has 1 N–H and O–H groups in total. The highest BCUT2D eigenvalue weighted by atomic mass is 32.2. The number of thioether (sulfide) groups is 1. The fraction of sp³-hybridized carbons (Fsp3) is 0.286. The van der Waals surface area contributed by atoms with Crippen molar-refractivity contribution in [3.63, 3.8) is 0 Å². The first kappa shape index (κ1) is 19.9. The third-order valence-corrected chi connectivity index (χ3v) is 5.46. The second-order valence-corrected chi connectivity index (χ2v) is 7.43. The number of rotatable bonds is 8. The summed E-state index contributed by atoms with van der Waals surface area (Å²) in [6.07, 6.45) is 0. The van der Waals surface area contributed by atoms with Crippen molar-refractivity contribution in [3.8, 4) is 0 Å². The van der Waals surface area contributed by atoms with Crippen LogP contribution in [-0.4, -0.2) is 27.3 Å². The fourth-order valence-corrected chi connectivity index (χ4v) is 3.85. The van der Waals surface area contributed by atoms with Crippen molar-refractivity contribution in [1.82, 2.24) is 14.5 Å². The molecule has 0 saturated heterocycles. The minimum absolute atomic E-state index is 0.108. The summed E-state index contributed by atoms with van der Waals surface area (Å²) in [5.41, 5.74) is 0.950. The summed E-state index contributed by atoms with van der Waals surface area (Å²) in [5.74, 6) is 1.43. The zero-order valence-corrected chi connectivity index (χ0v) is 16.6. The molecular weight excluding hydrogens is 374 g/mol. The Hall–Kier alpha value is -2.80. The first-order chi connectivity index (χ1) is 13.6. The van der Waals surface area contributed by atoms with E-state index in [1.54, 1.807) is 43.0 Å². The minimum Gasteiger partial charge on any atom is -0.354 e. The quantitative estimate of drug-likeness (QED) is 0.592. The largest absolute Gasteiger partial charge is 0.354 e. The summed E-state index contributed by atoms with van der Waals surface area (Å²) < 4.78 is 2.53. The van der Waals surface area contributed by atoms with Crippen LogP contribution in [0.25, 0.3) is 10.9 Å². The molecule has 0 aliphatic carbocycles. The van der Waals surface area contributed by atoms with Gasteiger partial charge in [0.15, 0.2) is 0 Å². The van der Waals surface area contributed by atoms with Crippen LogP contribution in [0.15, 0.2) is 64.2 Å². The van der Waals surface area contributed by atoms with Gasteiger partial charge in [-0.2, -0.15) is 11.8 Å². The number of amides is 1. The van der Waals surface area contributed by atoms with Crippen LogP contribution in [0, 0.1) is 0 Å². The van der Waals surface area contributed by atoms with Crippen LogP contribution < -0.4 is 16.6 Å². The SMILES string of the molecule is CCn1c(=O)c2ccccc2n(CC(=O)NCCSCc2ccccc2)c1=O. The van der Waals surface area contributed by atoms with Crippen LogP contribution in [-0.2, 0) is 23.6 Å². The maximum absolute atomic E-state index is 12.6. The van der Waals surface area contributed by atoms with E-state index in [1.165, 1.54) is 10.1 Å². The first-order valence-corrected chi connectivity index (χ1v) is 10.4. The summed E-state index contributed by atoms with van der Waals surface area (Å²) in [5, 5.41) is 3.29. The summed E-state index contributed by atoms with van der Waals surface area (Å²) in [6, 6.07) is 17.0. The van der Waals surface area contributed by atoms with Crippen molar-refractivity contribution < 1.29 is 4.79 Å². The number of para-hydroxylation sites is 1. The van der Waals surface area contributed by atoms with Gasteiger partial charge in [0, 0.05) is 24.6 Å². The second kappa shape index (κ2) is 9.41. The lowest BCUT2D eigenvalue weighted by Gasteiger charge is -2.13. The molecule has 0 saturated carbocycles. The van der Waals surface area contributed by atoms with Gasteiger partial charge in [-0.1, -0.05) is 42.5 Å². The maximum atomic E-state index is 12.6. The van der Waals surface area contributed by atoms with Crippen LogP contribution in [0.4, 0.5) is 0 Å². The molecule has 28 heavy (non-hydrogen) atoms. The lowest BCUT2D eigenvalue weighted by Crippen LogP contribution is -2.42. The number of carbonyl (C=O) groups is 1. The van der Waals surface area contributed by atoms with Crippen molar-refractivity contribution in [2.75, 3.05) is 12.3 Å². The number of nitrogens with zero attached hydrogens (tertiary/aromatic N) is 2. The van der Waals surface area contributed by atoms with Crippen molar-refractivity contribution in [3.05, 3.63) is 81.0 Å². The number of nitrogens with one attached hydrogen (secondary N) is 1. The van der Waals surface area contributed by atoms with E-state index in [0.29, 0.717) is 17.4 Å². The van der Waals surface area contributed by atoms with Crippen LogP contribution in [0.2, 0.25) is 0 Å². The molecule has 3 rings (SSSR count). The van der Waals surface area contributed by atoms with E-state index >= 15 is 0 Å². The predicted molar refractivity (Wildman–Crippen MR) is 114 cm³/mol. The number of fused-ring (bicyclic) bond motifs is 1. The van der Waals surface area contributed by atoms with Gasteiger partial charge in [0.05, 0.1) is 10.9 Å². The monoisotopic (exact) mass is 397 g/mol. The summed E-state index contributed by atoms with van der Waals surface area (Å²) in [6.45, 7) is 2.42. The molecule has 1 heterocycles. The van der Waals surface area contributed by atoms with E-state index in [4.69, 9.17) is 0 Å². The summed E-state index contributed by atoms with van der Waals surface area (Å²) >= 11 is 1.74. The van der Waals surface area contributed by atoms with Gasteiger partial charge < -0.3 is 5.32 Å². The highest BCUT2D eigenvalue weighted by molar-refractivity contribution is 7.98. The molecule has 3 aromatic rings. The van der Waals surface area contributed by atoms with Crippen LogP contribution in [0.1, 0.15) is 12.5 Å². The van der Waals surface area contributed by atoms with Gasteiger partial charge in [0.2, 0.25) is 5.91 Å². The van der Waals surface area contributed by atoms with E-state index in [9.17, 15) is 14.4 Å². The smallest absolute Gasteiger partial charge is 0.331 e. The van der Waals surface area contributed by atoms with Crippen LogP contribution >= 0.6 is 11.8 Å². The lowest BCUT2D eigenvalue weighted by atomic mass is 10.2. The number of aromatic nitrogens is 2. The van der Waals surface area contributed by atoms with Crippen LogP contribution in [0.5, 0.6) is 0 Å². The molecule has 6 nitrogen and oxygen atoms in total. The van der Waals surface area contributed by atoms with Gasteiger partial charge in [-0.25, -0.2) is 4.79 Å². The van der Waals surface area contributed by atoms with E-state index in [-0.39, 0.29) is 24.6 Å². The molecule has 2 aromatic carbocycles. The van der Waals surface area contributed by atoms with Crippen molar-refractivity contribution in [1.29, 1.82) is 0 Å². The molecule has 0 radical (unpaired) electrons. The Kier molecular flexibility index (Phi) is 6.71. The molecule has 7 heteroatoms. The molecular formula is C21H23N3O3S. The number of hydrogen-bond donors (Lipinski definition) is 1. The normalized spacial score (nSPS) is 10.9. The first-order valence-electron chi connectivity index (χ1n) is 9.22. The molecule has 0 atom stereocenters. The molecule has 0 aliphatic heterocycles. The highest BCUT2D eigenvalue weighted by Gasteiger charge is 2.14. The lowest BCUT2D eigenvalue weighted by molar-refractivity contribution is -0.121. The predicted octanol–water partition coefficient (Wildman–Crippen LogP) is 2.23. The van der Waals surface area contributed by atoms with E-state index in [2.05, 4.69) is 17.4 Å². The van der Waals surface area contributed by atoms with E-state index < -0.39 is 5.69 Å². The Morgan fingerprint density at radius 1 is 1.00 bits per heavy atom. The van der Waals surface area contributed by atoms with Gasteiger partial charge >= 0.3 is 5.69 Å². The Morgan fingerprint density at radius 2 is 1.71 bits per heavy atom. The van der Waals surface area contributed by atoms with Gasteiger partial charge in [0.1, 0.15) is 6.54 Å². The number of benzene rings is 2. The Balaban J connectivity index is 1.63. The number of carbonyl (C=O) groups excluding carboxylic acids is 1. The standard InChI is InChI=1S/C21H23N3O3S/c1-2-23-20(26)17-10-6-7-11-18(17)24(21(23)27)14-19(25)22-12-13-28-15-16-8-4-3-5-9-16/h3-11H,2,12-15H2,1H3,(H,22,25). The molecule has 146 valence electrons. The molecule has 0 fully saturated rings. The van der Waals surface area contributed by atoms with Crippen LogP contribution in [0.3, 0.4) is 0 Å². The summed E-state index contributed by atoms with van der Waals surface area (Å²) in [4.78, 5) is 37.4. The fourth-order valence-electron chi connectivity index (χ4n) is 3.03. The minimum atomic E-state index is -0.459. The van der Waals surface area contributed by atoms with Gasteiger partial charge in [-0.3, -0.25) is 18.7 Å². The van der Waals surface area contributed by atoms with Crippen molar-refractivity contribution in [2.45, 2.75) is 25.8 Å². The third kappa shape index (κ3) is 4.54. The Labute approximate surface area is 167 Å². The molecule has 1 aromatic heterocycles. The third-order valence-electron chi connectivity index (χ3n) is 4.43. The average molecular weight is 398 g/mol. The zero-order valence-electron chi connectivity index (χ0n) is 15.8. The molecule has 0 spiro atoms. The van der Waals surface area contributed by atoms with Gasteiger partial charge in [0.25, 0.3) is 5.56 Å². The van der Waals surface area contributed by atoms with Gasteiger partial charge in [-0.05, 0) is 24.6 Å². The zero-order chi connectivity index (χ0) is 19.9. The molecule has 0 bridgehead atoms. The molecule has 0 aliphatic rings. The topological polar surface area (TPSA) is 73.1 Å². The molecule has 1 amide bonds. The Bertz CT molecular complexity index is 1070. The maximum Gasteiger partial charge on any atom is 0.331 e.